The van der Waals surface area contributed by atoms with Crippen molar-refractivity contribution in [3.8, 4) is 0 Å². The Balaban J connectivity index is 0.00000210. The zero-order valence-corrected chi connectivity index (χ0v) is 18.8. The molecule has 12 heteroatoms. The number of halogens is 2. The lowest BCUT2D eigenvalue weighted by Crippen LogP contribution is -2.50. The lowest BCUT2D eigenvalue weighted by molar-refractivity contribution is -0.122. The third-order valence-corrected chi connectivity index (χ3v) is 5.21. The Morgan fingerprint density at radius 3 is 2.62 bits per heavy atom. The van der Waals surface area contributed by atoms with E-state index in [0.717, 1.165) is 31.9 Å². The van der Waals surface area contributed by atoms with Crippen molar-refractivity contribution in [2.75, 3.05) is 53.4 Å². The fourth-order valence-corrected chi connectivity index (χ4v) is 3.53. The van der Waals surface area contributed by atoms with Crippen LogP contribution < -0.4 is 10.6 Å². The van der Waals surface area contributed by atoms with Gasteiger partial charge in [-0.15, -0.1) is 29.9 Å². The van der Waals surface area contributed by atoms with E-state index in [9.17, 15) is 9.59 Å². The van der Waals surface area contributed by atoms with Crippen LogP contribution >= 0.6 is 24.8 Å². The number of urea groups is 1. The van der Waals surface area contributed by atoms with E-state index in [2.05, 4.69) is 32.9 Å². The van der Waals surface area contributed by atoms with Crippen molar-refractivity contribution >= 4 is 36.8 Å². The van der Waals surface area contributed by atoms with E-state index < -0.39 is 0 Å². The number of hydrogen-bond acceptors (Lipinski definition) is 6. The van der Waals surface area contributed by atoms with Crippen LogP contribution in [0.1, 0.15) is 25.1 Å². The van der Waals surface area contributed by atoms with E-state index in [4.69, 9.17) is 0 Å². The number of nitrogens with one attached hydrogen (secondary N) is 2. The van der Waals surface area contributed by atoms with Crippen LogP contribution in [-0.4, -0.2) is 101 Å². The molecule has 29 heavy (non-hydrogen) atoms. The number of carbonyl (C=O) groups is 2. The fourth-order valence-electron chi connectivity index (χ4n) is 3.53. The van der Waals surface area contributed by atoms with E-state index in [1.54, 1.807) is 16.6 Å². The predicted molar refractivity (Wildman–Crippen MR) is 115 cm³/mol. The third kappa shape index (κ3) is 6.43. The Kier molecular flexibility index (Phi) is 10.1. The minimum absolute atomic E-state index is 0. The minimum atomic E-state index is -0.191. The van der Waals surface area contributed by atoms with Crippen LogP contribution in [0.2, 0.25) is 0 Å². The predicted octanol–water partition coefficient (Wildman–Crippen LogP) is -0.0400. The second-order valence-electron chi connectivity index (χ2n) is 7.36. The Hall–Kier alpha value is -1.62. The molecule has 0 saturated carbocycles. The van der Waals surface area contributed by atoms with Gasteiger partial charge in [-0.3, -0.25) is 4.79 Å². The van der Waals surface area contributed by atoms with Gasteiger partial charge in [0.1, 0.15) is 5.69 Å². The summed E-state index contributed by atoms with van der Waals surface area (Å²) in [7, 11) is 3.86. The molecule has 3 rings (SSSR count). The summed E-state index contributed by atoms with van der Waals surface area (Å²) < 4.78 is 1.80. The molecule has 0 radical (unpaired) electrons. The van der Waals surface area contributed by atoms with Crippen molar-refractivity contribution in [1.29, 1.82) is 0 Å². The van der Waals surface area contributed by atoms with E-state index in [1.807, 2.05) is 18.0 Å². The number of aromatic nitrogens is 3. The number of piperazine rings is 1. The molecule has 0 spiro atoms. The zero-order valence-electron chi connectivity index (χ0n) is 17.2. The molecule has 166 valence electrons. The van der Waals surface area contributed by atoms with Crippen molar-refractivity contribution in [2.24, 2.45) is 0 Å². The van der Waals surface area contributed by atoms with Gasteiger partial charge in [0.2, 0.25) is 5.91 Å². The first-order valence-corrected chi connectivity index (χ1v) is 9.58. The molecule has 3 amide bonds. The van der Waals surface area contributed by atoms with Crippen molar-refractivity contribution in [2.45, 2.75) is 32.0 Å². The first-order chi connectivity index (χ1) is 13.0. The maximum absolute atomic E-state index is 12.6. The standard InChI is InChI=1S/C17H30N8O2.2ClH/c1-4-18-16(26)15-9-14(10-19-15)25-12-13(20-21-25)11-23(3)17(27)24-7-5-22(2)6-8-24;;/h12,14-15,19H,4-11H2,1-3H3,(H,18,26);2*1H/t14-,15-;;/m0../s1. The summed E-state index contributed by atoms with van der Waals surface area (Å²) in [6.07, 6.45) is 2.56. The monoisotopic (exact) mass is 450 g/mol. The quantitative estimate of drug-likeness (QED) is 0.652. The minimum Gasteiger partial charge on any atom is -0.355 e. The summed E-state index contributed by atoms with van der Waals surface area (Å²) in [6.45, 7) is 6.94. The number of rotatable bonds is 5. The van der Waals surface area contributed by atoms with Crippen molar-refractivity contribution in [1.82, 2.24) is 40.3 Å². The molecule has 1 aromatic heterocycles. The molecular weight excluding hydrogens is 419 g/mol. The van der Waals surface area contributed by atoms with Gasteiger partial charge in [-0.25, -0.2) is 9.48 Å². The molecule has 2 N–H and O–H groups in total. The topological polar surface area (TPSA) is 98.6 Å². The average Bonchev–Trinajstić information content (AvgIpc) is 3.31. The molecule has 2 aliphatic rings. The molecule has 0 aliphatic carbocycles. The van der Waals surface area contributed by atoms with Gasteiger partial charge in [0.25, 0.3) is 0 Å². The first kappa shape index (κ1) is 25.4. The Morgan fingerprint density at radius 1 is 1.28 bits per heavy atom. The highest BCUT2D eigenvalue weighted by atomic mass is 35.5. The first-order valence-electron chi connectivity index (χ1n) is 9.58. The molecule has 0 unspecified atom stereocenters. The number of hydrogen-bond donors (Lipinski definition) is 2. The second kappa shape index (κ2) is 11.5. The lowest BCUT2D eigenvalue weighted by Gasteiger charge is -2.34. The molecular formula is C17H32Cl2N8O2. The lowest BCUT2D eigenvalue weighted by atomic mass is 10.1. The van der Waals surface area contributed by atoms with Gasteiger partial charge in [0.15, 0.2) is 0 Å². The van der Waals surface area contributed by atoms with Crippen LogP contribution in [0.3, 0.4) is 0 Å². The maximum atomic E-state index is 12.6. The molecule has 2 aliphatic heterocycles. The SMILES string of the molecule is CCNC(=O)[C@@H]1C[C@H](n2cc(CN(C)C(=O)N3CCN(C)CC3)nn2)CN1.Cl.Cl. The average molecular weight is 451 g/mol. The fraction of sp³-hybridized carbons (Fsp3) is 0.765. The maximum Gasteiger partial charge on any atom is 0.320 e. The van der Waals surface area contributed by atoms with Crippen LogP contribution in [0.25, 0.3) is 0 Å². The van der Waals surface area contributed by atoms with Crippen LogP contribution in [0.4, 0.5) is 4.79 Å². The van der Waals surface area contributed by atoms with Crippen LogP contribution in [-0.2, 0) is 11.3 Å². The van der Waals surface area contributed by atoms with Gasteiger partial charge in [-0.05, 0) is 20.4 Å². The smallest absolute Gasteiger partial charge is 0.320 e. The zero-order chi connectivity index (χ0) is 19.4. The van der Waals surface area contributed by atoms with E-state index in [1.165, 1.54) is 0 Å². The van der Waals surface area contributed by atoms with Gasteiger partial charge < -0.3 is 25.3 Å². The highest BCUT2D eigenvalue weighted by Gasteiger charge is 2.31. The van der Waals surface area contributed by atoms with Crippen molar-refractivity contribution < 1.29 is 9.59 Å². The van der Waals surface area contributed by atoms with E-state index >= 15 is 0 Å². The number of carbonyl (C=O) groups excluding carboxylic acids is 2. The number of nitrogens with zero attached hydrogens (tertiary/aromatic N) is 6. The summed E-state index contributed by atoms with van der Waals surface area (Å²) in [6, 6.07) is -0.0712. The molecule has 3 heterocycles. The normalized spacial score (nSPS) is 21.8. The van der Waals surface area contributed by atoms with Gasteiger partial charge in [-0.2, -0.15) is 0 Å². The molecule has 2 fully saturated rings. The van der Waals surface area contributed by atoms with Gasteiger partial charge >= 0.3 is 6.03 Å². The van der Waals surface area contributed by atoms with Crippen LogP contribution in [0, 0.1) is 0 Å². The largest absolute Gasteiger partial charge is 0.355 e. The second-order valence-corrected chi connectivity index (χ2v) is 7.36. The van der Waals surface area contributed by atoms with Gasteiger partial charge in [-0.1, -0.05) is 5.21 Å². The Bertz CT molecular complexity index is 666. The number of likely N-dealkylation sites (N-methyl/N-ethyl adjacent to an activating group) is 2. The van der Waals surface area contributed by atoms with Crippen molar-refractivity contribution in [3.63, 3.8) is 0 Å². The molecule has 2 atom stereocenters. The molecule has 0 bridgehead atoms. The summed E-state index contributed by atoms with van der Waals surface area (Å²) in [5, 5.41) is 14.5. The van der Waals surface area contributed by atoms with Gasteiger partial charge in [0.05, 0.1) is 24.8 Å². The molecule has 10 nitrogen and oxygen atoms in total. The molecule has 2 saturated heterocycles. The number of amides is 3. The summed E-state index contributed by atoms with van der Waals surface area (Å²) in [4.78, 5) is 30.3. The molecule has 1 aromatic rings. The highest BCUT2D eigenvalue weighted by Crippen LogP contribution is 2.19. The summed E-state index contributed by atoms with van der Waals surface area (Å²) in [5.74, 6) is 0.0258. The van der Waals surface area contributed by atoms with E-state index in [-0.39, 0.29) is 48.8 Å². The Morgan fingerprint density at radius 2 is 1.97 bits per heavy atom. The Labute approximate surface area is 184 Å². The summed E-state index contributed by atoms with van der Waals surface area (Å²) >= 11 is 0. The van der Waals surface area contributed by atoms with Gasteiger partial charge in [0, 0.05) is 46.3 Å². The van der Waals surface area contributed by atoms with Crippen molar-refractivity contribution in [3.05, 3.63) is 11.9 Å². The molecule has 0 aromatic carbocycles. The summed E-state index contributed by atoms with van der Waals surface area (Å²) in [5.41, 5.74) is 0.751. The van der Waals surface area contributed by atoms with E-state index in [0.29, 0.717) is 26.1 Å². The highest BCUT2D eigenvalue weighted by molar-refractivity contribution is 5.85. The van der Waals surface area contributed by atoms with Crippen LogP contribution in [0.5, 0.6) is 0 Å². The third-order valence-electron chi connectivity index (χ3n) is 5.21. The van der Waals surface area contributed by atoms with Crippen LogP contribution in [0.15, 0.2) is 6.20 Å².